The summed E-state index contributed by atoms with van der Waals surface area (Å²) in [5.74, 6) is 1.11. The maximum atomic E-state index is 12.2. The third kappa shape index (κ3) is 2.29. The number of thiazole rings is 1. The van der Waals surface area contributed by atoms with Crippen LogP contribution < -0.4 is 14.8 Å². The van der Waals surface area contributed by atoms with E-state index in [9.17, 15) is 4.79 Å². The lowest BCUT2D eigenvalue weighted by molar-refractivity contribution is 0.102. The summed E-state index contributed by atoms with van der Waals surface area (Å²) in [5, 5.41) is 9.09. The highest BCUT2D eigenvalue weighted by atomic mass is 32.1. The van der Waals surface area contributed by atoms with Crippen LogP contribution in [0.2, 0.25) is 0 Å². The van der Waals surface area contributed by atoms with Crippen LogP contribution in [0.4, 0.5) is 5.88 Å². The van der Waals surface area contributed by atoms with Gasteiger partial charge in [-0.1, -0.05) is 5.16 Å². The molecule has 1 aliphatic heterocycles. The van der Waals surface area contributed by atoms with Crippen LogP contribution >= 0.6 is 11.3 Å². The minimum Gasteiger partial charge on any atom is -0.454 e. The molecule has 1 amide bonds. The number of ether oxygens (including phenoxy) is 2. The second kappa shape index (κ2) is 5.15. The number of carbonyl (C=O) groups excluding carboxylic acids is 1. The number of hydrogen-bond donors (Lipinski definition) is 1. The lowest BCUT2D eigenvalue weighted by Crippen LogP contribution is -2.11. The van der Waals surface area contributed by atoms with Gasteiger partial charge in [0.2, 0.25) is 12.7 Å². The Hall–Kier alpha value is -2.87. The molecular weight excluding hydrogens is 306 g/mol. The molecule has 0 bridgehead atoms. The van der Waals surface area contributed by atoms with Crippen LogP contribution in [0.1, 0.15) is 10.4 Å². The smallest absolute Gasteiger partial charge is 0.258 e. The van der Waals surface area contributed by atoms with Crippen molar-refractivity contribution in [1.82, 2.24) is 10.1 Å². The van der Waals surface area contributed by atoms with Crippen LogP contribution in [0.5, 0.6) is 11.5 Å². The minimum absolute atomic E-state index is 0.166. The summed E-state index contributed by atoms with van der Waals surface area (Å²) in [6.45, 7) is 0.166. The number of anilines is 1. The van der Waals surface area contributed by atoms with Crippen molar-refractivity contribution < 1.29 is 18.8 Å². The summed E-state index contributed by atoms with van der Waals surface area (Å²) >= 11 is 1.44. The van der Waals surface area contributed by atoms with Crippen molar-refractivity contribution in [1.29, 1.82) is 0 Å². The highest BCUT2D eigenvalue weighted by molar-refractivity contribution is 7.13. The van der Waals surface area contributed by atoms with E-state index in [2.05, 4.69) is 15.5 Å². The van der Waals surface area contributed by atoms with Gasteiger partial charge in [-0.2, -0.15) is 0 Å². The summed E-state index contributed by atoms with van der Waals surface area (Å²) in [4.78, 5) is 16.3. The minimum atomic E-state index is -0.319. The molecule has 8 heteroatoms. The molecular formula is C14H9N3O4S. The molecule has 7 nitrogen and oxygen atoms in total. The fourth-order valence-corrected chi connectivity index (χ4v) is 2.60. The van der Waals surface area contributed by atoms with Crippen LogP contribution in [0.3, 0.4) is 0 Å². The SMILES string of the molecule is O=C(Nc1cc(-c2nccs2)no1)c1ccc2c(c1)OCO2. The highest BCUT2D eigenvalue weighted by Crippen LogP contribution is 2.32. The Morgan fingerprint density at radius 1 is 1.23 bits per heavy atom. The summed E-state index contributed by atoms with van der Waals surface area (Å²) in [6, 6.07) is 6.60. The average molecular weight is 315 g/mol. The number of rotatable bonds is 3. The first-order valence-electron chi connectivity index (χ1n) is 6.37. The van der Waals surface area contributed by atoms with Crippen LogP contribution in [0, 0.1) is 0 Å². The zero-order valence-corrected chi connectivity index (χ0v) is 11.9. The Morgan fingerprint density at radius 2 is 2.14 bits per heavy atom. The number of nitrogens with one attached hydrogen (secondary N) is 1. The summed E-state index contributed by atoms with van der Waals surface area (Å²) in [7, 11) is 0. The average Bonchev–Trinajstić information content (AvgIpc) is 3.27. The van der Waals surface area contributed by atoms with Gasteiger partial charge in [0.05, 0.1) is 0 Å². The number of carbonyl (C=O) groups is 1. The third-order valence-electron chi connectivity index (χ3n) is 3.03. The molecule has 0 aliphatic carbocycles. The van der Waals surface area contributed by atoms with Gasteiger partial charge < -0.3 is 14.0 Å². The molecule has 0 saturated carbocycles. The molecule has 0 atom stereocenters. The standard InChI is InChI=1S/C14H9N3O4S/c18-13(8-1-2-10-11(5-8)20-7-19-10)16-12-6-9(17-21-12)14-15-3-4-22-14/h1-6H,7H2,(H,16,18). The van der Waals surface area contributed by atoms with E-state index in [-0.39, 0.29) is 18.6 Å². The molecule has 1 aliphatic rings. The molecule has 2 aromatic heterocycles. The van der Waals surface area contributed by atoms with Gasteiger partial charge in [-0.15, -0.1) is 11.3 Å². The van der Waals surface area contributed by atoms with E-state index in [1.807, 2.05) is 5.38 Å². The number of fused-ring (bicyclic) bond motifs is 1. The van der Waals surface area contributed by atoms with Gasteiger partial charge in [0.15, 0.2) is 11.5 Å². The van der Waals surface area contributed by atoms with Gasteiger partial charge >= 0.3 is 0 Å². The first kappa shape index (κ1) is 12.8. The molecule has 1 N–H and O–H groups in total. The summed E-state index contributed by atoms with van der Waals surface area (Å²) in [6.07, 6.45) is 1.68. The van der Waals surface area contributed by atoms with E-state index >= 15 is 0 Å². The van der Waals surface area contributed by atoms with Gasteiger partial charge in [-0.25, -0.2) is 4.98 Å². The van der Waals surface area contributed by atoms with Crippen LogP contribution in [0.25, 0.3) is 10.7 Å². The largest absolute Gasteiger partial charge is 0.454 e. The van der Waals surface area contributed by atoms with Crippen molar-refractivity contribution in [2.75, 3.05) is 12.1 Å². The maximum Gasteiger partial charge on any atom is 0.258 e. The second-order valence-corrected chi connectivity index (χ2v) is 5.33. The molecule has 4 rings (SSSR count). The summed E-state index contributed by atoms with van der Waals surface area (Å²) < 4.78 is 15.6. The Labute approximate surface area is 128 Å². The van der Waals surface area contributed by atoms with Crippen LogP contribution in [0.15, 0.2) is 40.4 Å². The maximum absolute atomic E-state index is 12.2. The van der Waals surface area contributed by atoms with E-state index in [1.54, 1.807) is 30.5 Å². The van der Waals surface area contributed by atoms with Gasteiger partial charge in [-0.05, 0) is 18.2 Å². The number of benzene rings is 1. The number of hydrogen-bond acceptors (Lipinski definition) is 7. The van der Waals surface area contributed by atoms with E-state index in [1.165, 1.54) is 11.3 Å². The molecule has 1 aromatic carbocycles. The topological polar surface area (TPSA) is 86.5 Å². The predicted octanol–water partition coefficient (Wildman–Crippen LogP) is 2.78. The molecule has 3 heterocycles. The van der Waals surface area contributed by atoms with E-state index < -0.39 is 0 Å². The predicted molar refractivity (Wildman–Crippen MR) is 78.1 cm³/mol. The quantitative estimate of drug-likeness (QED) is 0.800. The summed E-state index contributed by atoms with van der Waals surface area (Å²) in [5.41, 5.74) is 1.02. The Bertz CT molecular complexity index is 828. The van der Waals surface area contributed by atoms with Crippen molar-refractivity contribution in [3.8, 4) is 22.2 Å². The normalized spacial score (nSPS) is 12.4. The number of amides is 1. The van der Waals surface area contributed by atoms with Crippen molar-refractivity contribution >= 4 is 23.1 Å². The molecule has 0 unspecified atom stereocenters. The monoisotopic (exact) mass is 315 g/mol. The Kier molecular flexibility index (Phi) is 3.01. The molecule has 0 fully saturated rings. The second-order valence-electron chi connectivity index (χ2n) is 4.44. The fraction of sp³-hybridized carbons (Fsp3) is 0.0714. The first-order valence-corrected chi connectivity index (χ1v) is 7.25. The lowest BCUT2D eigenvalue weighted by atomic mass is 10.2. The van der Waals surface area contributed by atoms with Crippen LogP contribution in [-0.2, 0) is 0 Å². The molecule has 110 valence electrons. The molecule has 22 heavy (non-hydrogen) atoms. The third-order valence-corrected chi connectivity index (χ3v) is 3.83. The molecule has 3 aromatic rings. The van der Waals surface area contributed by atoms with Crippen molar-refractivity contribution in [2.45, 2.75) is 0 Å². The zero-order chi connectivity index (χ0) is 14.9. The molecule has 0 spiro atoms. The molecule has 0 saturated heterocycles. The van der Waals surface area contributed by atoms with Gasteiger partial charge in [0, 0.05) is 23.2 Å². The van der Waals surface area contributed by atoms with Crippen LogP contribution in [-0.4, -0.2) is 22.8 Å². The van der Waals surface area contributed by atoms with E-state index in [4.69, 9.17) is 14.0 Å². The van der Waals surface area contributed by atoms with E-state index in [0.29, 0.717) is 22.8 Å². The Balaban J connectivity index is 1.52. The Morgan fingerprint density at radius 3 is 3.00 bits per heavy atom. The van der Waals surface area contributed by atoms with Gasteiger partial charge in [0.25, 0.3) is 5.91 Å². The zero-order valence-electron chi connectivity index (χ0n) is 11.1. The lowest BCUT2D eigenvalue weighted by Gasteiger charge is -2.02. The van der Waals surface area contributed by atoms with Gasteiger partial charge in [0.1, 0.15) is 10.7 Å². The number of aromatic nitrogens is 2. The van der Waals surface area contributed by atoms with Crippen molar-refractivity contribution in [3.63, 3.8) is 0 Å². The van der Waals surface area contributed by atoms with E-state index in [0.717, 1.165) is 5.01 Å². The molecule has 0 radical (unpaired) electrons. The first-order chi connectivity index (χ1) is 10.8. The van der Waals surface area contributed by atoms with Crippen molar-refractivity contribution in [3.05, 3.63) is 41.4 Å². The fourth-order valence-electron chi connectivity index (χ4n) is 2.01. The highest BCUT2D eigenvalue weighted by Gasteiger charge is 2.17. The number of nitrogens with zero attached hydrogens (tertiary/aromatic N) is 2. The van der Waals surface area contributed by atoms with Gasteiger partial charge in [-0.3, -0.25) is 10.1 Å². The van der Waals surface area contributed by atoms with Crippen molar-refractivity contribution in [2.24, 2.45) is 0 Å².